The van der Waals surface area contributed by atoms with E-state index in [0.29, 0.717) is 12.6 Å². The maximum Gasteiger partial charge on any atom is 0.158 e. The second kappa shape index (κ2) is 3.82. The van der Waals surface area contributed by atoms with E-state index in [2.05, 4.69) is 24.9 Å². The maximum absolute atomic E-state index is 5.17. The Hall–Kier alpha value is -1.43. The molecule has 0 N–H and O–H groups in total. The first kappa shape index (κ1) is 8.66. The molecule has 0 radical (unpaired) electrons. The highest BCUT2D eigenvalue weighted by Crippen LogP contribution is 2.11. The van der Waals surface area contributed by atoms with Crippen LogP contribution in [0.3, 0.4) is 0 Å². The van der Waals surface area contributed by atoms with Crippen molar-refractivity contribution in [2.45, 2.75) is 19.9 Å². The number of terminal acetylenes is 1. The molecule has 0 aliphatic carbocycles. The van der Waals surface area contributed by atoms with E-state index >= 15 is 0 Å². The quantitative estimate of drug-likeness (QED) is 0.633. The molecule has 1 aromatic heterocycles. The summed E-state index contributed by atoms with van der Waals surface area (Å²) in [6.45, 7) is 4.40. The zero-order valence-corrected chi connectivity index (χ0v) is 7.32. The van der Waals surface area contributed by atoms with E-state index in [1.807, 2.05) is 10.9 Å². The Balaban J connectivity index is 2.59. The van der Waals surface area contributed by atoms with Gasteiger partial charge in [-0.05, 0) is 13.8 Å². The third-order valence-electron chi connectivity index (χ3n) is 1.43. The lowest BCUT2D eigenvalue weighted by atomic mass is 10.4. The van der Waals surface area contributed by atoms with Crippen molar-refractivity contribution in [2.24, 2.45) is 0 Å². The third-order valence-corrected chi connectivity index (χ3v) is 1.43. The summed E-state index contributed by atoms with van der Waals surface area (Å²) in [6, 6.07) is 0.355. The number of hydrogen-bond acceptors (Lipinski definition) is 2. The first-order valence-corrected chi connectivity index (χ1v) is 3.84. The smallest absolute Gasteiger partial charge is 0.158 e. The van der Waals surface area contributed by atoms with E-state index in [-0.39, 0.29) is 0 Å². The van der Waals surface area contributed by atoms with Crippen LogP contribution in [0.1, 0.15) is 19.9 Å². The van der Waals surface area contributed by atoms with E-state index in [1.165, 1.54) is 0 Å². The van der Waals surface area contributed by atoms with E-state index in [4.69, 9.17) is 11.2 Å². The van der Waals surface area contributed by atoms with Gasteiger partial charge in [-0.3, -0.25) is 4.68 Å². The van der Waals surface area contributed by atoms with E-state index in [0.717, 1.165) is 5.75 Å². The van der Waals surface area contributed by atoms with Crippen LogP contribution < -0.4 is 4.74 Å². The van der Waals surface area contributed by atoms with Crippen molar-refractivity contribution in [3.63, 3.8) is 0 Å². The number of nitrogens with zero attached hydrogens (tertiary/aromatic N) is 2. The van der Waals surface area contributed by atoms with Crippen LogP contribution in [0.25, 0.3) is 0 Å². The summed E-state index contributed by atoms with van der Waals surface area (Å²) in [5, 5.41) is 4.09. The standard InChI is InChI=1S/C9H12N2O/c1-4-5-12-9-6-10-11(7-9)8(2)3/h1,6-8H,5H2,2-3H3. The van der Waals surface area contributed by atoms with Gasteiger partial charge in [-0.25, -0.2) is 0 Å². The van der Waals surface area contributed by atoms with Gasteiger partial charge in [-0.2, -0.15) is 5.10 Å². The van der Waals surface area contributed by atoms with Gasteiger partial charge in [0.15, 0.2) is 5.75 Å². The van der Waals surface area contributed by atoms with Crippen molar-refractivity contribution >= 4 is 0 Å². The van der Waals surface area contributed by atoms with Crippen LogP contribution in [0.2, 0.25) is 0 Å². The Morgan fingerprint density at radius 2 is 2.50 bits per heavy atom. The predicted octanol–water partition coefficient (Wildman–Crippen LogP) is 1.48. The van der Waals surface area contributed by atoms with Gasteiger partial charge in [0.2, 0.25) is 0 Å². The Morgan fingerprint density at radius 3 is 3.00 bits per heavy atom. The molecule has 3 nitrogen and oxygen atoms in total. The third kappa shape index (κ3) is 2.03. The Bertz CT molecular complexity index is 283. The van der Waals surface area contributed by atoms with E-state index in [9.17, 15) is 0 Å². The second-order valence-electron chi connectivity index (χ2n) is 2.74. The lowest BCUT2D eigenvalue weighted by molar-refractivity contribution is 0.369. The molecule has 0 fully saturated rings. The van der Waals surface area contributed by atoms with Gasteiger partial charge in [0.25, 0.3) is 0 Å². The highest BCUT2D eigenvalue weighted by Gasteiger charge is 2.00. The molecule has 0 saturated carbocycles. The van der Waals surface area contributed by atoms with Crippen LogP contribution in [0.5, 0.6) is 5.75 Å². The zero-order valence-electron chi connectivity index (χ0n) is 7.32. The molecule has 1 heterocycles. The molecule has 0 amide bonds. The number of aromatic nitrogens is 2. The fourth-order valence-electron chi connectivity index (χ4n) is 0.803. The minimum absolute atomic E-state index is 0.295. The van der Waals surface area contributed by atoms with E-state index in [1.54, 1.807) is 6.20 Å². The summed E-state index contributed by atoms with van der Waals surface area (Å²) in [4.78, 5) is 0. The molecule has 0 saturated heterocycles. The van der Waals surface area contributed by atoms with E-state index < -0.39 is 0 Å². The predicted molar refractivity (Wildman–Crippen MR) is 46.9 cm³/mol. The topological polar surface area (TPSA) is 27.1 Å². The molecule has 0 aromatic carbocycles. The Labute approximate surface area is 72.3 Å². The van der Waals surface area contributed by atoms with Crippen LogP contribution in [0, 0.1) is 12.3 Å². The average molecular weight is 164 g/mol. The molecule has 0 spiro atoms. The molecule has 0 unspecified atom stereocenters. The molecule has 0 aliphatic heterocycles. The van der Waals surface area contributed by atoms with Crippen molar-refractivity contribution in [3.8, 4) is 18.1 Å². The maximum atomic E-state index is 5.17. The lowest BCUT2D eigenvalue weighted by Gasteiger charge is -2.02. The van der Waals surface area contributed by atoms with Crippen LogP contribution >= 0.6 is 0 Å². The van der Waals surface area contributed by atoms with Crippen molar-refractivity contribution in [2.75, 3.05) is 6.61 Å². The molecular formula is C9H12N2O. The fourth-order valence-corrected chi connectivity index (χ4v) is 0.803. The fraction of sp³-hybridized carbons (Fsp3) is 0.444. The SMILES string of the molecule is C#CCOc1cnn(C(C)C)c1. The van der Waals surface area contributed by atoms with Crippen LogP contribution in [0.15, 0.2) is 12.4 Å². The summed E-state index contributed by atoms with van der Waals surface area (Å²) in [6.07, 6.45) is 8.54. The Morgan fingerprint density at radius 1 is 1.75 bits per heavy atom. The minimum Gasteiger partial charge on any atom is -0.478 e. The molecule has 0 aliphatic rings. The monoisotopic (exact) mass is 164 g/mol. The number of ether oxygens (including phenoxy) is 1. The zero-order chi connectivity index (χ0) is 8.97. The summed E-state index contributed by atoms with van der Waals surface area (Å²) < 4.78 is 6.99. The molecular weight excluding hydrogens is 152 g/mol. The van der Waals surface area contributed by atoms with Crippen molar-refractivity contribution in [1.29, 1.82) is 0 Å². The normalized spacial score (nSPS) is 9.83. The van der Waals surface area contributed by atoms with Gasteiger partial charge in [-0.1, -0.05) is 5.92 Å². The van der Waals surface area contributed by atoms with Gasteiger partial charge in [0.05, 0.1) is 12.4 Å². The van der Waals surface area contributed by atoms with Gasteiger partial charge >= 0.3 is 0 Å². The van der Waals surface area contributed by atoms with Gasteiger partial charge in [0, 0.05) is 6.04 Å². The second-order valence-corrected chi connectivity index (χ2v) is 2.74. The molecule has 0 bridgehead atoms. The highest BCUT2D eigenvalue weighted by atomic mass is 16.5. The number of rotatable bonds is 3. The summed E-state index contributed by atoms with van der Waals surface area (Å²) in [5.41, 5.74) is 0. The van der Waals surface area contributed by atoms with Crippen molar-refractivity contribution in [3.05, 3.63) is 12.4 Å². The highest BCUT2D eigenvalue weighted by molar-refractivity contribution is 5.12. The lowest BCUT2D eigenvalue weighted by Crippen LogP contribution is -2.00. The van der Waals surface area contributed by atoms with Gasteiger partial charge in [-0.15, -0.1) is 6.42 Å². The summed E-state index contributed by atoms with van der Waals surface area (Å²) in [5.74, 6) is 3.12. The van der Waals surface area contributed by atoms with Crippen molar-refractivity contribution in [1.82, 2.24) is 9.78 Å². The average Bonchev–Trinajstić information content (AvgIpc) is 2.48. The number of hydrogen-bond donors (Lipinski definition) is 0. The molecule has 1 aromatic rings. The van der Waals surface area contributed by atoms with Crippen LogP contribution in [-0.4, -0.2) is 16.4 Å². The Kier molecular flexibility index (Phi) is 2.76. The van der Waals surface area contributed by atoms with Crippen LogP contribution in [0.4, 0.5) is 0 Å². The molecule has 12 heavy (non-hydrogen) atoms. The minimum atomic E-state index is 0.295. The first-order valence-electron chi connectivity index (χ1n) is 3.84. The first-order chi connectivity index (χ1) is 5.74. The summed E-state index contributed by atoms with van der Waals surface area (Å²) in [7, 11) is 0. The van der Waals surface area contributed by atoms with Crippen LogP contribution in [-0.2, 0) is 0 Å². The van der Waals surface area contributed by atoms with Gasteiger partial charge < -0.3 is 4.74 Å². The largest absolute Gasteiger partial charge is 0.478 e. The molecule has 1 rings (SSSR count). The summed E-state index contributed by atoms with van der Waals surface area (Å²) >= 11 is 0. The molecule has 0 atom stereocenters. The van der Waals surface area contributed by atoms with Crippen molar-refractivity contribution < 1.29 is 4.74 Å². The molecule has 64 valence electrons. The van der Waals surface area contributed by atoms with Gasteiger partial charge in [0.1, 0.15) is 6.61 Å². The molecule has 3 heteroatoms.